The van der Waals surface area contributed by atoms with Crippen LogP contribution in [-0.4, -0.2) is 18.5 Å². The van der Waals surface area contributed by atoms with E-state index in [9.17, 15) is 14.0 Å². The van der Waals surface area contributed by atoms with Gasteiger partial charge in [0.25, 0.3) is 0 Å². The molecule has 2 aromatic rings. The molecule has 30 heavy (non-hydrogen) atoms. The molecule has 1 atom stereocenters. The van der Waals surface area contributed by atoms with Gasteiger partial charge in [0, 0.05) is 30.0 Å². The summed E-state index contributed by atoms with van der Waals surface area (Å²) in [4.78, 5) is 28.0. The fourth-order valence-electron chi connectivity index (χ4n) is 4.74. The van der Waals surface area contributed by atoms with Crippen molar-refractivity contribution in [2.45, 2.75) is 39.0 Å². The van der Waals surface area contributed by atoms with Crippen molar-refractivity contribution in [3.63, 3.8) is 0 Å². The number of ketones is 1. The molecule has 1 aliphatic carbocycles. The third-order valence-electron chi connectivity index (χ3n) is 6.04. The Morgan fingerprint density at radius 3 is 2.60 bits per heavy atom. The molecule has 0 spiro atoms. The molecule has 5 rings (SSSR count). The van der Waals surface area contributed by atoms with Crippen LogP contribution in [0.3, 0.4) is 0 Å². The van der Waals surface area contributed by atoms with E-state index in [0.717, 1.165) is 5.56 Å². The maximum Gasteiger partial charge on any atom is 0.232 e. The van der Waals surface area contributed by atoms with Gasteiger partial charge in [0.2, 0.25) is 12.7 Å². The summed E-state index contributed by atoms with van der Waals surface area (Å²) < 4.78 is 25.5. The van der Waals surface area contributed by atoms with Gasteiger partial charge < -0.3 is 9.47 Å². The van der Waals surface area contributed by atoms with Crippen molar-refractivity contribution in [2.24, 2.45) is 5.41 Å². The van der Waals surface area contributed by atoms with E-state index in [2.05, 4.69) is 0 Å². The van der Waals surface area contributed by atoms with Crippen LogP contribution in [0.5, 0.6) is 11.5 Å². The number of amides is 1. The van der Waals surface area contributed by atoms with Crippen LogP contribution in [0.4, 0.5) is 10.1 Å². The number of ether oxygens (including phenoxy) is 2. The van der Waals surface area contributed by atoms with Gasteiger partial charge in [0.15, 0.2) is 17.3 Å². The number of halogens is 1. The Hall–Kier alpha value is -3.15. The fourth-order valence-corrected chi connectivity index (χ4v) is 4.74. The van der Waals surface area contributed by atoms with Crippen LogP contribution in [0.1, 0.15) is 44.6 Å². The molecule has 0 saturated carbocycles. The molecule has 1 unspecified atom stereocenters. The number of carbonyl (C=O) groups excluding carboxylic acids is 2. The van der Waals surface area contributed by atoms with Gasteiger partial charge >= 0.3 is 0 Å². The minimum Gasteiger partial charge on any atom is -0.454 e. The summed E-state index contributed by atoms with van der Waals surface area (Å²) in [6.07, 6.45) is 1.01. The first-order valence-corrected chi connectivity index (χ1v) is 10.1. The molecule has 154 valence electrons. The summed E-state index contributed by atoms with van der Waals surface area (Å²) in [7, 11) is 0. The number of carbonyl (C=O) groups is 2. The van der Waals surface area contributed by atoms with Crippen molar-refractivity contribution in [2.75, 3.05) is 11.7 Å². The Morgan fingerprint density at radius 2 is 1.80 bits per heavy atom. The van der Waals surface area contributed by atoms with Crippen LogP contribution >= 0.6 is 0 Å². The van der Waals surface area contributed by atoms with Crippen molar-refractivity contribution in [3.8, 4) is 11.5 Å². The summed E-state index contributed by atoms with van der Waals surface area (Å²) >= 11 is 0. The van der Waals surface area contributed by atoms with Crippen molar-refractivity contribution in [1.29, 1.82) is 0 Å². The molecule has 0 N–H and O–H groups in total. The number of nitrogens with zero attached hydrogens (tertiary/aromatic N) is 1. The Balaban J connectivity index is 1.68. The average Bonchev–Trinajstić information content (AvgIpc) is 3.15. The Labute approximate surface area is 174 Å². The number of anilines is 1. The lowest BCUT2D eigenvalue weighted by Gasteiger charge is -2.43. The summed E-state index contributed by atoms with van der Waals surface area (Å²) in [5, 5.41) is 0. The molecule has 3 aliphatic rings. The van der Waals surface area contributed by atoms with E-state index in [0.29, 0.717) is 35.6 Å². The first-order valence-electron chi connectivity index (χ1n) is 10.1. The first-order chi connectivity index (χ1) is 14.3. The van der Waals surface area contributed by atoms with Gasteiger partial charge in [-0.2, -0.15) is 0 Å². The number of hydrogen-bond acceptors (Lipinski definition) is 4. The highest BCUT2D eigenvalue weighted by molar-refractivity contribution is 6.07. The quantitative estimate of drug-likeness (QED) is 0.723. The highest BCUT2D eigenvalue weighted by atomic mass is 19.1. The van der Waals surface area contributed by atoms with Crippen molar-refractivity contribution >= 4 is 17.4 Å². The third kappa shape index (κ3) is 2.98. The molecule has 0 radical (unpaired) electrons. The molecule has 2 aliphatic heterocycles. The Kier molecular flexibility index (Phi) is 4.20. The maximum absolute atomic E-state index is 14.6. The molecule has 5 nitrogen and oxygen atoms in total. The number of fused-ring (bicyclic) bond motifs is 1. The van der Waals surface area contributed by atoms with Crippen LogP contribution < -0.4 is 14.4 Å². The smallest absolute Gasteiger partial charge is 0.232 e. The third-order valence-corrected chi connectivity index (χ3v) is 6.04. The molecule has 6 heteroatoms. The topological polar surface area (TPSA) is 55.8 Å². The molecular weight excluding hydrogens is 385 g/mol. The zero-order valence-electron chi connectivity index (χ0n) is 16.9. The van der Waals surface area contributed by atoms with E-state index >= 15 is 0 Å². The number of rotatable bonds is 2. The minimum atomic E-state index is -0.477. The largest absolute Gasteiger partial charge is 0.454 e. The van der Waals surface area contributed by atoms with Crippen LogP contribution in [0.15, 0.2) is 53.7 Å². The number of hydrogen-bond donors (Lipinski definition) is 0. The van der Waals surface area contributed by atoms with Gasteiger partial charge in [0.1, 0.15) is 5.82 Å². The van der Waals surface area contributed by atoms with Gasteiger partial charge in [-0.1, -0.05) is 32.0 Å². The van der Waals surface area contributed by atoms with Crippen molar-refractivity contribution in [1.82, 2.24) is 0 Å². The fraction of sp³-hybridized carbons (Fsp3) is 0.333. The monoisotopic (exact) mass is 407 g/mol. The molecule has 2 aromatic carbocycles. The molecule has 0 saturated heterocycles. The van der Waals surface area contributed by atoms with Crippen LogP contribution in [-0.2, 0) is 9.59 Å². The Morgan fingerprint density at radius 1 is 1.03 bits per heavy atom. The average molecular weight is 407 g/mol. The van der Waals surface area contributed by atoms with Crippen LogP contribution in [0.2, 0.25) is 0 Å². The number of Topliss-reactive ketones (excluding diaryl/α,β-unsaturated/α-hetero) is 1. The van der Waals surface area contributed by atoms with E-state index in [4.69, 9.17) is 9.47 Å². The highest BCUT2D eigenvalue weighted by Gasteiger charge is 2.45. The van der Waals surface area contributed by atoms with Crippen LogP contribution in [0, 0.1) is 11.2 Å². The standard InChI is InChI=1S/C24H22FNO4/c1-24(2)11-18-23(19(27)12-24)15(14-7-8-20-21(9-14)30-13-29-20)10-22(28)26(18)17-6-4-3-5-16(17)25/h3-9,15H,10-13H2,1-2H3. The summed E-state index contributed by atoms with van der Waals surface area (Å²) in [5.74, 6) is 0.204. The minimum absolute atomic E-state index is 0.0118. The summed E-state index contributed by atoms with van der Waals surface area (Å²) in [6.45, 7) is 4.16. The van der Waals surface area contributed by atoms with Gasteiger partial charge in [-0.15, -0.1) is 0 Å². The molecule has 0 aromatic heterocycles. The second-order valence-electron chi connectivity index (χ2n) is 8.85. The Bertz CT molecular complexity index is 1100. The van der Waals surface area contributed by atoms with Crippen molar-refractivity contribution in [3.05, 3.63) is 65.1 Å². The molecule has 0 fully saturated rings. The van der Waals surface area contributed by atoms with E-state index in [1.807, 2.05) is 32.0 Å². The van der Waals surface area contributed by atoms with E-state index < -0.39 is 5.82 Å². The second kappa shape index (κ2) is 6.69. The predicted molar refractivity (Wildman–Crippen MR) is 109 cm³/mol. The van der Waals surface area contributed by atoms with E-state index in [1.165, 1.54) is 11.0 Å². The van der Waals surface area contributed by atoms with Crippen LogP contribution in [0.25, 0.3) is 0 Å². The molecule has 2 heterocycles. The highest BCUT2D eigenvalue weighted by Crippen LogP contribution is 2.49. The van der Waals surface area contributed by atoms with E-state index in [-0.39, 0.29) is 41.9 Å². The number of para-hydroxylation sites is 1. The van der Waals surface area contributed by atoms with E-state index in [1.54, 1.807) is 18.2 Å². The lowest BCUT2D eigenvalue weighted by atomic mass is 9.69. The molecular formula is C24H22FNO4. The SMILES string of the molecule is CC1(C)CC(=O)C2=C(C1)N(c1ccccc1F)C(=O)CC2c1ccc2c(c1)OCO2. The zero-order chi connectivity index (χ0) is 21.0. The number of allylic oxidation sites excluding steroid dienone is 2. The molecule has 1 amide bonds. The second-order valence-corrected chi connectivity index (χ2v) is 8.85. The lowest BCUT2D eigenvalue weighted by molar-refractivity contribution is -0.121. The van der Waals surface area contributed by atoms with Crippen molar-refractivity contribution < 1.29 is 23.5 Å². The zero-order valence-corrected chi connectivity index (χ0v) is 16.9. The van der Waals surface area contributed by atoms with Gasteiger partial charge in [-0.05, 0) is 41.7 Å². The molecule has 0 bridgehead atoms. The summed E-state index contributed by atoms with van der Waals surface area (Å²) in [6, 6.07) is 11.7. The lowest BCUT2D eigenvalue weighted by Crippen LogP contribution is -2.44. The van der Waals surface area contributed by atoms with Gasteiger partial charge in [0.05, 0.1) is 5.69 Å². The normalized spacial score (nSPS) is 22.4. The van der Waals surface area contributed by atoms with Gasteiger partial charge in [-0.3, -0.25) is 14.5 Å². The van der Waals surface area contributed by atoms with Gasteiger partial charge in [-0.25, -0.2) is 4.39 Å². The maximum atomic E-state index is 14.6. The summed E-state index contributed by atoms with van der Waals surface area (Å²) in [5.41, 5.74) is 1.94. The predicted octanol–water partition coefficient (Wildman–Crippen LogP) is 4.72. The first kappa shape index (κ1) is 18.9. The number of benzene rings is 2.